The minimum absolute atomic E-state index is 0.144. The number of hydrogen-bond donors (Lipinski definition) is 1. The second-order valence-corrected chi connectivity index (χ2v) is 5.91. The van der Waals surface area contributed by atoms with Gasteiger partial charge >= 0.3 is 0 Å². The van der Waals surface area contributed by atoms with Crippen LogP contribution >= 0.6 is 0 Å². The number of ether oxygens (including phenoxy) is 1. The molecule has 4 heteroatoms. The molecule has 0 saturated heterocycles. The van der Waals surface area contributed by atoms with Crippen LogP contribution in [-0.4, -0.2) is 38.1 Å². The van der Waals surface area contributed by atoms with E-state index in [0.717, 1.165) is 25.3 Å². The first-order valence-electron chi connectivity index (χ1n) is 7.61. The Hall–Kier alpha value is -1.55. The molecule has 1 aromatic carbocycles. The molecular formula is C17H28N2O2. The van der Waals surface area contributed by atoms with Gasteiger partial charge in [0.2, 0.25) is 5.91 Å². The highest BCUT2D eigenvalue weighted by Crippen LogP contribution is 2.12. The van der Waals surface area contributed by atoms with E-state index in [1.807, 2.05) is 12.1 Å². The molecule has 1 rings (SSSR count). The second-order valence-electron chi connectivity index (χ2n) is 5.91. The SMILES string of the molecule is CC(C)CNCc1ccc(OCCCC(=O)N(C)C)cc1. The maximum absolute atomic E-state index is 11.4. The van der Waals surface area contributed by atoms with Crippen LogP contribution in [0.15, 0.2) is 24.3 Å². The third-order valence-corrected chi connectivity index (χ3v) is 3.11. The number of rotatable bonds is 9. The van der Waals surface area contributed by atoms with Crippen molar-refractivity contribution in [3.05, 3.63) is 29.8 Å². The average Bonchev–Trinajstić information content (AvgIpc) is 2.44. The Kier molecular flexibility index (Phi) is 7.83. The molecule has 0 bridgehead atoms. The van der Waals surface area contributed by atoms with Crippen LogP contribution in [0.5, 0.6) is 5.75 Å². The Morgan fingerprint density at radius 3 is 2.48 bits per heavy atom. The smallest absolute Gasteiger partial charge is 0.222 e. The van der Waals surface area contributed by atoms with E-state index in [2.05, 4.69) is 31.3 Å². The minimum atomic E-state index is 0.144. The van der Waals surface area contributed by atoms with Crippen LogP contribution in [-0.2, 0) is 11.3 Å². The summed E-state index contributed by atoms with van der Waals surface area (Å²) in [6.45, 7) is 6.88. The predicted octanol–water partition coefficient (Wildman–Crippen LogP) is 2.68. The van der Waals surface area contributed by atoms with Crippen molar-refractivity contribution in [3.63, 3.8) is 0 Å². The van der Waals surface area contributed by atoms with E-state index in [9.17, 15) is 4.79 Å². The second kappa shape index (κ2) is 9.40. The van der Waals surface area contributed by atoms with Crippen LogP contribution in [0.4, 0.5) is 0 Å². The van der Waals surface area contributed by atoms with Crippen LogP contribution < -0.4 is 10.1 Å². The van der Waals surface area contributed by atoms with Gasteiger partial charge in [-0.3, -0.25) is 4.79 Å². The summed E-state index contributed by atoms with van der Waals surface area (Å²) in [5.74, 6) is 1.67. The molecule has 0 saturated carbocycles. The van der Waals surface area contributed by atoms with Crippen molar-refractivity contribution in [1.82, 2.24) is 10.2 Å². The van der Waals surface area contributed by atoms with Gasteiger partial charge in [0.15, 0.2) is 0 Å². The van der Waals surface area contributed by atoms with Crippen molar-refractivity contribution in [1.29, 1.82) is 0 Å². The zero-order valence-electron chi connectivity index (χ0n) is 13.7. The highest BCUT2D eigenvalue weighted by atomic mass is 16.5. The maximum Gasteiger partial charge on any atom is 0.222 e. The quantitative estimate of drug-likeness (QED) is 0.712. The fourth-order valence-corrected chi connectivity index (χ4v) is 1.85. The van der Waals surface area contributed by atoms with Gasteiger partial charge in [-0.1, -0.05) is 26.0 Å². The van der Waals surface area contributed by atoms with Crippen LogP contribution in [0, 0.1) is 5.92 Å². The molecule has 0 spiro atoms. The molecule has 0 aromatic heterocycles. The largest absolute Gasteiger partial charge is 0.494 e. The lowest BCUT2D eigenvalue weighted by atomic mass is 10.2. The Labute approximate surface area is 128 Å². The molecule has 1 amide bonds. The summed E-state index contributed by atoms with van der Waals surface area (Å²) >= 11 is 0. The fraction of sp³-hybridized carbons (Fsp3) is 0.588. The van der Waals surface area contributed by atoms with Crippen molar-refractivity contribution in [2.75, 3.05) is 27.2 Å². The topological polar surface area (TPSA) is 41.6 Å². The van der Waals surface area contributed by atoms with E-state index in [4.69, 9.17) is 4.74 Å². The fourth-order valence-electron chi connectivity index (χ4n) is 1.85. The lowest BCUT2D eigenvalue weighted by molar-refractivity contribution is -0.128. The molecule has 118 valence electrons. The monoisotopic (exact) mass is 292 g/mol. The normalized spacial score (nSPS) is 10.7. The highest BCUT2D eigenvalue weighted by molar-refractivity contribution is 5.75. The lowest BCUT2D eigenvalue weighted by Gasteiger charge is -2.11. The van der Waals surface area contributed by atoms with Gasteiger partial charge in [-0.25, -0.2) is 0 Å². The van der Waals surface area contributed by atoms with Gasteiger partial charge in [0.25, 0.3) is 0 Å². The van der Waals surface area contributed by atoms with Gasteiger partial charge in [0.05, 0.1) is 6.61 Å². The molecule has 0 unspecified atom stereocenters. The first kappa shape index (κ1) is 17.5. The molecule has 0 fully saturated rings. The number of hydrogen-bond acceptors (Lipinski definition) is 3. The van der Waals surface area contributed by atoms with E-state index in [1.165, 1.54) is 5.56 Å². The predicted molar refractivity (Wildman–Crippen MR) is 86.4 cm³/mol. The van der Waals surface area contributed by atoms with Gasteiger partial charge in [0.1, 0.15) is 5.75 Å². The molecule has 0 heterocycles. The van der Waals surface area contributed by atoms with Gasteiger partial charge in [0, 0.05) is 27.1 Å². The number of carbonyl (C=O) groups is 1. The average molecular weight is 292 g/mol. The van der Waals surface area contributed by atoms with Crippen LogP contribution in [0.25, 0.3) is 0 Å². The third kappa shape index (κ3) is 7.71. The van der Waals surface area contributed by atoms with E-state index in [0.29, 0.717) is 18.9 Å². The van der Waals surface area contributed by atoms with Crippen molar-refractivity contribution < 1.29 is 9.53 Å². The van der Waals surface area contributed by atoms with Gasteiger partial charge in [-0.2, -0.15) is 0 Å². The van der Waals surface area contributed by atoms with Crippen molar-refractivity contribution in [2.24, 2.45) is 5.92 Å². The van der Waals surface area contributed by atoms with E-state index >= 15 is 0 Å². The molecule has 0 aliphatic heterocycles. The van der Waals surface area contributed by atoms with Crippen LogP contribution in [0.1, 0.15) is 32.3 Å². The lowest BCUT2D eigenvalue weighted by Crippen LogP contribution is -2.21. The molecule has 21 heavy (non-hydrogen) atoms. The third-order valence-electron chi connectivity index (χ3n) is 3.11. The molecule has 1 aromatic rings. The first-order valence-corrected chi connectivity index (χ1v) is 7.61. The van der Waals surface area contributed by atoms with Crippen LogP contribution in [0.3, 0.4) is 0 Å². The summed E-state index contributed by atoms with van der Waals surface area (Å²) in [5, 5.41) is 3.41. The minimum Gasteiger partial charge on any atom is -0.494 e. The summed E-state index contributed by atoms with van der Waals surface area (Å²) in [6.07, 6.45) is 1.28. The number of carbonyl (C=O) groups excluding carboxylic acids is 1. The molecule has 0 radical (unpaired) electrons. The Morgan fingerprint density at radius 1 is 1.24 bits per heavy atom. The summed E-state index contributed by atoms with van der Waals surface area (Å²) in [7, 11) is 3.55. The summed E-state index contributed by atoms with van der Waals surface area (Å²) in [6, 6.07) is 8.13. The van der Waals surface area contributed by atoms with E-state index < -0.39 is 0 Å². The number of nitrogens with one attached hydrogen (secondary N) is 1. The van der Waals surface area contributed by atoms with Crippen molar-refractivity contribution in [3.8, 4) is 5.75 Å². The zero-order chi connectivity index (χ0) is 15.7. The van der Waals surface area contributed by atoms with Crippen LogP contribution in [0.2, 0.25) is 0 Å². The summed E-state index contributed by atoms with van der Waals surface area (Å²) in [5.41, 5.74) is 1.26. The van der Waals surface area contributed by atoms with E-state index in [1.54, 1.807) is 19.0 Å². The number of nitrogens with zero attached hydrogens (tertiary/aromatic N) is 1. The van der Waals surface area contributed by atoms with E-state index in [-0.39, 0.29) is 5.91 Å². The Balaban J connectivity index is 2.23. The molecule has 0 atom stereocenters. The van der Waals surface area contributed by atoms with Crippen molar-refractivity contribution in [2.45, 2.75) is 33.2 Å². The van der Waals surface area contributed by atoms with Gasteiger partial charge < -0.3 is 15.0 Å². The molecular weight excluding hydrogens is 264 g/mol. The Morgan fingerprint density at radius 2 is 1.90 bits per heavy atom. The number of amides is 1. The van der Waals surface area contributed by atoms with Crippen molar-refractivity contribution >= 4 is 5.91 Å². The summed E-state index contributed by atoms with van der Waals surface area (Å²) < 4.78 is 5.64. The van der Waals surface area contributed by atoms with Gasteiger partial charge in [-0.15, -0.1) is 0 Å². The number of benzene rings is 1. The molecule has 0 aliphatic rings. The van der Waals surface area contributed by atoms with Gasteiger partial charge in [-0.05, 0) is 36.6 Å². The highest BCUT2D eigenvalue weighted by Gasteiger charge is 2.03. The molecule has 4 nitrogen and oxygen atoms in total. The summed E-state index contributed by atoms with van der Waals surface area (Å²) in [4.78, 5) is 13.0. The molecule has 1 N–H and O–H groups in total. The first-order chi connectivity index (χ1) is 9.99. The molecule has 0 aliphatic carbocycles. The Bertz CT molecular complexity index is 413. The maximum atomic E-state index is 11.4. The zero-order valence-corrected chi connectivity index (χ0v) is 13.7. The standard InChI is InChI=1S/C17H28N2O2/c1-14(2)12-18-13-15-7-9-16(10-8-15)21-11-5-6-17(20)19(3)4/h7-10,14,18H,5-6,11-13H2,1-4H3.